The number of halogens is 2. The molecule has 3 aromatic rings. The van der Waals surface area contributed by atoms with Gasteiger partial charge in [-0.05, 0) is 62.2 Å². The van der Waals surface area contributed by atoms with Gasteiger partial charge in [0, 0.05) is 0 Å². The van der Waals surface area contributed by atoms with Crippen LogP contribution in [-0.4, -0.2) is 30.9 Å². The van der Waals surface area contributed by atoms with Crippen molar-refractivity contribution in [3.63, 3.8) is 0 Å². The number of ether oxygens (including phenoxy) is 3. The number of hydrogen-bond donors (Lipinski definition) is 0. The van der Waals surface area contributed by atoms with Crippen molar-refractivity contribution in [1.29, 1.82) is 0 Å². The predicted octanol–water partition coefficient (Wildman–Crippen LogP) is 4.00. The number of aromatic nitrogens is 1. The zero-order valence-electron chi connectivity index (χ0n) is 20.1. The summed E-state index contributed by atoms with van der Waals surface area (Å²) in [6.45, 7) is 5.81. The van der Waals surface area contributed by atoms with E-state index in [-0.39, 0.29) is 17.7 Å². The Bertz CT molecular complexity index is 1530. The van der Waals surface area contributed by atoms with Gasteiger partial charge in [-0.25, -0.2) is 14.2 Å². The largest absolute Gasteiger partial charge is 0.493 e. The standard InChI is InChI=1S/C26H24ClFN2O5S/c1-5-34-23-18(27)11-15(12-19(23)33-4)13-20-24(31)30-22(16-7-9-17(28)10-8-16)21(25(32)35-6-2)14(3)29-26(30)36-20/h7-13,22H,5-6H2,1-4H3/b20-13-/t22-/m0/s1. The first-order valence-corrected chi connectivity index (χ1v) is 12.4. The number of hydrogen-bond acceptors (Lipinski definition) is 7. The molecule has 7 nitrogen and oxygen atoms in total. The lowest BCUT2D eigenvalue weighted by atomic mass is 9.96. The Morgan fingerprint density at radius 1 is 1.22 bits per heavy atom. The van der Waals surface area contributed by atoms with Crippen LogP contribution in [0.5, 0.6) is 11.5 Å². The van der Waals surface area contributed by atoms with Crippen LogP contribution in [0.4, 0.5) is 4.39 Å². The lowest BCUT2D eigenvalue weighted by Gasteiger charge is -2.24. The summed E-state index contributed by atoms with van der Waals surface area (Å²) in [7, 11) is 1.51. The molecule has 1 aliphatic heterocycles. The molecule has 0 unspecified atom stereocenters. The normalized spacial score (nSPS) is 15.4. The highest BCUT2D eigenvalue weighted by Crippen LogP contribution is 2.36. The second kappa shape index (κ2) is 10.7. The molecule has 0 saturated heterocycles. The second-order valence-corrected chi connectivity index (χ2v) is 9.24. The van der Waals surface area contributed by atoms with Crippen molar-refractivity contribution in [2.45, 2.75) is 26.8 Å². The van der Waals surface area contributed by atoms with Crippen LogP contribution >= 0.6 is 22.9 Å². The fourth-order valence-electron chi connectivity index (χ4n) is 4.01. The third-order valence-corrected chi connectivity index (χ3v) is 6.80. The van der Waals surface area contributed by atoms with Gasteiger partial charge in [-0.3, -0.25) is 9.36 Å². The minimum atomic E-state index is -0.818. The van der Waals surface area contributed by atoms with Gasteiger partial charge in [-0.15, -0.1) is 0 Å². The Morgan fingerprint density at radius 2 is 1.94 bits per heavy atom. The van der Waals surface area contributed by atoms with Crippen molar-refractivity contribution < 1.29 is 23.4 Å². The Morgan fingerprint density at radius 3 is 2.58 bits per heavy atom. The van der Waals surface area contributed by atoms with Gasteiger partial charge in [-0.2, -0.15) is 0 Å². The molecule has 0 fully saturated rings. The molecule has 36 heavy (non-hydrogen) atoms. The minimum Gasteiger partial charge on any atom is -0.493 e. The van der Waals surface area contributed by atoms with Crippen LogP contribution in [0, 0.1) is 5.82 Å². The molecule has 0 saturated carbocycles. The van der Waals surface area contributed by atoms with E-state index in [0.717, 1.165) is 0 Å². The van der Waals surface area contributed by atoms with Crippen LogP contribution in [0.15, 0.2) is 57.5 Å². The van der Waals surface area contributed by atoms with Crippen LogP contribution in [0.1, 0.15) is 37.9 Å². The van der Waals surface area contributed by atoms with Crippen LogP contribution in [0.3, 0.4) is 0 Å². The number of carbonyl (C=O) groups is 1. The molecular weight excluding hydrogens is 507 g/mol. The first kappa shape index (κ1) is 25.7. The minimum absolute atomic E-state index is 0.163. The van der Waals surface area contributed by atoms with Gasteiger partial charge >= 0.3 is 5.97 Å². The Kier molecular flexibility index (Phi) is 7.61. The van der Waals surface area contributed by atoms with E-state index in [1.54, 1.807) is 44.2 Å². The summed E-state index contributed by atoms with van der Waals surface area (Å²) in [5, 5.41) is 0.347. The summed E-state index contributed by atoms with van der Waals surface area (Å²) in [5.74, 6) is -0.143. The van der Waals surface area contributed by atoms with E-state index in [9.17, 15) is 14.0 Å². The number of rotatable bonds is 7. The number of nitrogens with zero attached hydrogens (tertiary/aromatic N) is 2. The molecule has 0 aliphatic carbocycles. The molecule has 2 heterocycles. The maximum Gasteiger partial charge on any atom is 0.338 e. The van der Waals surface area contributed by atoms with Gasteiger partial charge in [0.15, 0.2) is 16.3 Å². The SMILES string of the molecule is CCOC(=O)C1=C(C)N=c2s/c(=C\c3cc(Cl)c(OCC)c(OC)c3)c(=O)n2[C@H]1c1ccc(F)cc1. The van der Waals surface area contributed by atoms with E-state index in [4.69, 9.17) is 25.8 Å². The zero-order valence-corrected chi connectivity index (χ0v) is 21.7. The average molecular weight is 531 g/mol. The van der Waals surface area contributed by atoms with E-state index >= 15 is 0 Å². The summed E-state index contributed by atoms with van der Waals surface area (Å²) in [6, 6.07) is 8.26. The van der Waals surface area contributed by atoms with Crippen molar-refractivity contribution in [1.82, 2.24) is 4.57 Å². The van der Waals surface area contributed by atoms with Crippen LogP contribution in [0.2, 0.25) is 5.02 Å². The molecule has 2 aromatic carbocycles. The monoisotopic (exact) mass is 530 g/mol. The van der Waals surface area contributed by atoms with Gasteiger partial charge in [0.1, 0.15) is 5.82 Å². The zero-order chi connectivity index (χ0) is 26.0. The summed E-state index contributed by atoms with van der Waals surface area (Å²) >= 11 is 7.58. The predicted molar refractivity (Wildman–Crippen MR) is 136 cm³/mol. The Hall–Kier alpha value is -3.43. The van der Waals surface area contributed by atoms with Crippen LogP contribution in [-0.2, 0) is 9.53 Å². The fraction of sp³-hybridized carbons (Fsp3) is 0.269. The number of benzene rings is 2. The van der Waals surface area contributed by atoms with Crippen molar-refractivity contribution in [2.75, 3.05) is 20.3 Å². The van der Waals surface area contributed by atoms with E-state index in [2.05, 4.69) is 4.99 Å². The molecule has 0 amide bonds. The van der Waals surface area contributed by atoms with Gasteiger partial charge < -0.3 is 14.2 Å². The molecule has 188 valence electrons. The van der Waals surface area contributed by atoms with E-state index in [0.29, 0.717) is 49.3 Å². The third-order valence-electron chi connectivity index (χ3n) is 5.54. The highest BCUT2D eigenvalue weighted by molar-refractivity contribution is 7.07. The van der Waals surface area contributed by atoms with Gasteiger partial charge in [0.05, 0.1) is 47.2 Å². The molecular formula is C26H24ClFN2O5S. The molecule has 0 radical (unpaired) electrons. The van der Waals surface area contributed by atoms with E-state index in [1.807, 2.05) is 6.92 Å². The van der Waals surface area contributed by atoms with Crippen LogP contribution in [0.25, 0.3) is 6.08 Å². The van der Waals surface area contributed by atoms with Crippen molar-refractivity contribution >= 4 is 35.0 Å². The maximum atomic E-state index is 13.7. The van der Waals surface area contributed by atoms with Crippen LogP contribution < -0.4 is 24.4 Å². The maximum absolute atomic E-state index is 13.7. The second-order valence-electron chi connectivity index (χ2n) is 7.82. The summed E-state index contributed by atoms with van der Waals surface area (Å²) in [6.07, 6.45) is 1.68. The molecule has 4 rings (SSSR count). The smallest absolute Gasteiger partial charge is 0.338 e. The average Bonchev–Trinajstić information content (AvgIpc) is 3.14. The Labute approximate surface area is 215 Å². The number of allylic oxidation sites excluding steroid dienone is 1. The molecule has 0 N–H and O–H groups in total. The summed E-state index contributed by atoms with van der Waals surface area (Å²) < 4.78 is 31.7. The molecule has 0 bridgehead atoms. The van der Waals surface area contributed by atoms with Crippen molar-refractivity contribution in [3.8, 4) is 11.5 Å². The van der Waals surface area contributed by atoms with Crippen molar-refractivity contribution in [2.24, 2.45) is 4.99 Å². The molecule has 1 atom stereocenters. The lowest BCUT2D eigenvalue weighted by molar-refractivity contribution is -0.139. The lowest BCUT2D eigenvalue weighted by Crippen LogP contribution is -2.39. The molecule has 0 spiro atoms. The highest BCUT2D eigenvalue weighted by Gasteiger charge is 2.33. The fourth-order valence-corrected chi connectivity index (χ4v) is 5.33. The molecule has 1 aliphatic rings. The third kappa shape index (κ3) is 4.81. The van der Waals surface area contributed by atoms with Gasteiger partial charge in [0.2, 0.25) is 0 Å². The number of esters is 1. The quantitative estimate of drug-likeness (QED) is 0.431. The molecule has 10 heteroatoms. The number of thiazole rings is 1. The first-order valence-electron chi connectivity index (χ1n) is 11.2. The van der Waals surface area contributed by atoms with Crippen molar-refractivity contribution in [3.05, 3.63) is 89.3 Å². The number of carbonyl (C=O) groups excluding carboxylic acids is 1. The van der Waals surface area contributed by atoms with Gasteiger partial charge in [0.25, 0.3) is 5.56 Å². The number of fused-ring (bicyclic) bond motifs is 1. The highest BCUT2D eigenvalue weighted by atomic mass is 35.5. The molecule has 1 aromatic heterocycles. The van der Waals surface area contributed by atoms with E-state index < -0.39 is 17.8 Å². The summed E-state index contributed by atoms with van der Waals surface area (Å²) in [4.78, 5) is 31.5. The number of methoxy groups -OCH3 is 1. The van der Waals surface area contributed by atoms with Gasteiger partial charge in [-0.1, -0.05) is 35.1 Å². The van der Waals surface area contributed by atoms with E-state index in [1.165, 1.54) is 35.1 Å². The summed E-state index contributed by atoms with van der Waals surface area (Å²) in [5.41, 5.74) is 1.50. The Balaban J connectivity index is 1.92. The topological polar surface area (TPSA) is 79.1 Å². The first-order chi connectivity index (χ1) is 17.3.